The molecule has 1 saturated heterocycles. The predicted molar refractivity (Wildman–Crippen MR) is 98.9 cm³/mol. The van der Waals surface area contributed by atoms with E-state index >= 15 is 0 Å². The summed E-state index contributed by atoms with van der Waals surface area (Å²) in [4.78, 5) is 21.1. The second-order valence-electron chi connectivity index (χ2n) is 6.42. The van der Waals surface area contributed by atoms with Gasteiger partial charge in [-0.05, 0) is 37.6 Å². The van der Waals surface area contributed by atoms with Gasteiger partial charge in [0.15, 0.2) is 5.65 Å². The van der Waals surface area contributed by atoms with Crippen LogP contribution in [0.2, 0.25) is 0 Å². The lowest BCUT2D eigenvalue weighted by molar-refractivity contribution is 0.0795. The second kappa shape index (κ2) is 6.57. The fraction of sp³-hybridized carbons (Fsp3) is 0.389. The van der Waals surface area contributed by atoms with Crippen molar-refractivity contribution < 1.29 is 4.79 Å². The summed E-state index contributed by atoms with van der Waals surface area (Å²) in [6.45, 7) is 4.68. The van der Waals surface area contributed by atoms with Crippen LogP contribution in [-0.2, 0) is 6.54 Å². The fourth-order valence-electron chi connectivity index (χ4n) is 3.49. The topological polar surface area (TPSA) is 77.0 Å². The molecule has 0 bridgehead atoms. The van der Waals surface area contributed by atoms with Crippen LogP contribution in [0.4, 0.5) is 0 Å². The van der Waals surface area contributed by atoms with E-state index in [0.29, 0.717) is 19.6 Å². The van der Waals surface area contributed by atoms with Gasteiger partial charge >= 0.3 is 0 Å². The zero-order valence-corrected chi connectivity index (χ0v) is 15.0. The van der Waals surface area contributed by atoms with E-state index in [1.807, 2.05) is 34.7 Å². The molecule has 6 nitrogen and oxygen atoms in total. The fourth-order valence-corrected chi connectivity index (χ4v) is 4.32. The molecule has 0 radical (unpaired) electrons. The average molecular weight is 355 g/mol. The van der Waals surface area contributed by atoms with Gasteiger partial charge in [0.1, 0.15) is 0 Å². The Balaban J connectivity index is 1.59. The largest absolute Gasteiger partial charge is 0.337 e. The van der Waals surface area contributed by atoms with Gasteiger partial charge in [0.05, 0.1) is 17.1 Å². The van der Waals surface area contributed by atoms with E-state index in [1.165, 1.54) is 0 Å². The minimum atomic E-state index is 0.129. The molecular weight excluding hydrogens is 334 g/mol. The Morgan fingerprint density at radius 3 is 3.04 bits per heavy atom. The molecule has 4 heterocycles. The number of rotatable bonds is 4. The first-order chi connectivity index (χ1) is 12.2. The molecule has 0 aliphatic carbocycles. The number of thiophene rings is 1. The van der Waals surface area contributed by atoms with Crippen LogP contribution < -0.4 is 5.73 Å². The minimum Gasteiger partial charge on any atom is -0.337 e. The van der Waals surface area contributed by atoms with E-state index < -0.39 is 0 Å². The first-order valence-corrected chi connectivity index (χ1v) is 9.36. The molecule has 1 amide bonds. The van der Waals surface area contributed by atoms with Crippen molar-refractivity contribution >= 4 is 28.3 Å². The molecular formula is C18H21N5OS. The first-order valence-electron chi connectivity index (χ1n) is 8.54. The molecule has 0 saturated carbocycles. The minimum absolute atomic E-state index is 0.129. The van der Waals surface area contributed by atoms with Crippen LogP contribution in [0.1, 0.15) is 32.6 Å². The van der Waals surface area contributed by atoms with E-state index in [2.05, 4.69) is 11.1 Å². The maximum atomic E-state index is 12.7. The summed E-state index contributed by atoms with van der Waals surface area (Å²) >= 11 is 1.56. The lowest BCUT2D eigenvalue weighted by Gasteiger charge is -2.15. The number of carbonyl (C=O) groups excluding carboxylic acids is 1. The summed E-state index contributed by atoms with van der Waals surface area (Å²) < 4.78 is 1.89. The molecule has 1 fully saturated rings. The van der Waals surface area contributed by atoms with Crippen molar-refractivity contribution in [1.29, 1.82) is 0 Å². The van der Waals surface area contributed by atoms with Gasteiger partial charge < -0.3 is 10.6 Å². The molecule has 4 rings (SSSR count). The van der Waals surface area contributed by atoms with Crippen molar-refractivity contribution in [3.05, 3.63) is 45.9 Å². The summed E-state index contributed by atoms with van der Waals surface area (Å²) in [5.41, 5.74) is 7.61. The van der Waals surface area contributed by atoms with Gasteiger partial charge in [-0.1, -0.05) is 0 Å². The number of fused-ring (bicyclic) bond motifs is 1. The van der Waals surface area contributed by atoms with Crippen LogP contribution in [0, 0.1) is 6.92 Å². The SMILES string of the molecule is Cc1ccc(C(=O)N2CC[C@@H](c3nn(CCN)c4ncccc34)C2)s1. The molecule has 0 spiro atoms. The van der Waals surface area contributed by atoms with Gasteiger partial charge in [0.2, 0.25) is 0 Å². The molecule has 1 aliphatic rings. The third kappa shape index (κ3) is 2.94. The van der Waals surface area contributed by atoms with Crippen molar-refractivity contribution in [2.24, 2.45) is 5.73 Å². The Morgan fingerprint density at radius 2 is 2.28 bits per heavy atom. The van der Waals surface area contributed by atoms with Crippen LogP contribution >= 0.6 is 11.3 Å². The molecule has 130 valence electrons. The molecule has 1 aliphatic heterocycles. The number of hydrogen-bond acceptors (Lipinski definition) is 5. The third-order valence-corrected chi connectivity index (χ3v) is 5.68. The molecule has 7 heteroatoms. The zero-order valence-electron chi connectivity index (χ0n) is 14.2. The number of nitrogens with two attached hydrogens (primary N) is 1. The van der Waals surface area contributed by atoms with Gasteiger partial charge in [-0.25, -0.2) is 9.67 Å². The van der Waals surface area contributed by atoms with E-state index in [-0.39, 0.29) is 11.8 Å². The highest BCUT2D eigenvalue weighted by Gasteiger charge is 2.31. The second-order valence-corrected chi connectivity index (χ2v) is 7.71. The summed E-state index contributed by atoms with van der Waals surface area (Å²) in [5.74, 6) is 0.375. The van der Waals surface area contributed by atoms with Crippen molar-refractivity contribution in [3.8, 4) is 0 Å². The van der Waals surface area contributed by atoms with Crippen molar-refractivity contribution in [1.82, 2.24) is 19.7 Å². The molecule has 2 N–H and O–H groups in total. The van der Waals surface area contributed by atoms with Crippen molar-refractivity contribution in [3.63, 3.8) is 0 Å². The van der Waals surface area contributed by atoms with Gasteiger partial charge in [0.25, 0.3) is 5.91 Å². The molecule has 0 aromatic carbocycles. The summed E-state index contributed by atoms with van der Waals surface area (Å²) in [6.07, 6.45) is 2.71. The Kier molecular flexibility index (Phi) is 4.27. The molecule has 1 atom stereocenters. The Hall–Kier alpha value is -2.25. The van der Waals surface area contributed by atoms with Gasteiger partial charge in [-0.2, -0.15) is 5.10 Å². The normalized spacial score (nSPS) is 17.5. The van der Waals surface area contributed by atoms with Crippen LogP contribution in [0.15, 0.2) is 30.5 Å². The highest BCUT2D eigenvalue weighted by Crippen LogP contribution is 2.32. The number of nitrogens with zero attached hydrogens (tertiary/aromatic N) is 4. The van der Waals surface area contributed by atoms with Crippen LogP contribution in [0.5, 0.6) is 0 Å². The number of aryl methyl sites for hydroxylation is 1. The Morgan fingerprint density at radius 1 is 1.40 bits per heavy atom. The monoisotopic (exact) mass is 355 g/mol. The lowest BCUT2D eigenvalue weighted by atomic mass is 10.0. The Bertz CT molecular complexity index is 915. The summed E-state index contributed by atoms with van der Waals surface area (Å²) in [7, 11) is 0. The van der Waals surface area contributed by atoms with Gasteiger partial charge in [-0.3, -0.25) is 4.79 Å². The average Bonchev–Trinajstić information content (AvgIpc) is 3.33. The number of carbonyl (C=O) groups is 1. The molecule has 25 heavy (non-hydrogen) atoms. The standard InChI is InChI=1S/C18H21N5OS/c1-12-4-5-15(25-12)18(24)22-9-6-13(11-22)16-14-3-2-8-20-17(14)23(21-16)10-7-19/h2-5,8,13H,6-7,9-11,19H2,1H3/t13-/m1/s1. The zero-order chi connectivity index (χ0) is 17.4. The smallest absolute Gasteiger partial charge is 0.263 e. The first kappa shape index (κ1) is 16.2. The number of likely N-dealkylation sites (tertiary alicyclic amines) is 1. The summed E-state index contributed by atoms with van der Waals surface area (Å²) in [5, 5.41) is 5.84. The number of amides is 1. The maximum absolute atomic E-state index is 12.7. The predicted octanol–water partition coefficient (Wildman–Crippen LogP) is 2.39. The quantitative estimate of drug-likeness (QED) is 0.779. The van der Waals surface area contributed by atoms with Crippen LogP contribution in [0.3, 0.4) is 0 Å². The maximum Gasteiger partial charge on any atom is 0.263 e. The van der Waals surface area contributed by atoms with Crippen LogP contribution in [0.25, 0.3) is 11.0 Å². The van der Waals surface area contributed by atoms with Crippen molar-refractivity contribution in [2.75, 3.05) is 19.6 Å². The highest BCUT2D eigenvalue weighted by molar-refractivity contribution is 7.13. The van der Waals surface area contributed by atoms with E-state index in [0.717, 1.165) is 39.4 Å². The van der Waals surface area contributed by atoms with E-state index in [1.54, 1.807) is 17.5 Å². The van der Waals surface area contributed by atoms with Crippen LogP contribution in [-0.4, -0.2) is 45.2 Å². The number of pyridine rings is 1. The van der Waals surface area contributed by atoms with Gasteiger partial charge in [0, 0.05) is 42.0 Å². The molecule has 0 unspecified atom stereocenters. The number of hydrogen-bond donors (Lipinski definition) is 1. The lowest BCUT2D eigenvalue weighted by Crippen LogP contribution is -2.27. The Labute approximate surface area is 150 Å². The molecule has 3 aromatic heterocycles. The number of aromatic nitrogens is 3. The van der Waals surface area contributed by atoms with E-state index in [9.17, 15) is 4.79 Å². The van der Waals surface area contributed by atoms with Crippen molar-refractivity contribution in [2.45, 2.75) is 25.8 Å². The summed E-state index contributed by atoms with van der Waals surface area (Å²) in [6, 6.07) is 7.92. The van der Waals surface area contributed by atoms with Gasteiger partial charge in [-0.15, -0.1) is 11.3 Å². The third-order valence-electron chi connectivity index (χ3n) is 4.69. The highest BCUT2D eigenvalue weighted by atomic mass is 32.1. The van der Waals surface area contributed by atoms with E-state index in [4.69, 9.17) is 10.8 Å². The molecule has 3 aromatic rings.